The average Bonchev–Trinajstić information content (AvgIpc) is 3.27. The largest absolute Gasteiger partial charge is 0.340 e. The maximum atomic E-state index is 12.9. The van der Waals surface area contributed by atoms with E-state index in [9.17, 15) is 9.59 Å². The van der Waals surface area contributed by atoms with Gasteiger partial charge in [0.25, 0.3) is 0 Å². The van der Waals surface area contributed by atoms with Gasteiger partial charge in [-0.1, -0.05) is 60.7 Å². The SMILES string of the molecule is CN1CCN(C(=O)CCC(=O)Nc2cc3c(c4ccccc24)-c2ccc4ccccc4c2C3)CC1. The van der Waals surface area contributed by atoms with Gasteiger partial charge in [-0.3, -0.25) is 9.59 Å². The Morgan fingerprint density at radius 1 is 0.829 bits per heavy atom. The number of benzene rings is 4. The molecular weight excluding hydrogens is 434 g/mol. The summed E-state index contributed by atoms with van der Waals surface area (Å²) < 4.78 is 0. The van der Waals surface area contributed by atoms with Crippen molar-refractivity contribution >= 4 is 39.0 Å². The van der Waals surface area contributed by atoms with E-state index in [0.29, 0.717) is 0 Å². The van der Waals surface area contributed by atoms with Gasteiger partial charge in [-0.25, -0.2) is 0 Å². The first-order valence-electron chi connectivity index (χ1n) is 12.4. The van der Waals surface area contributed by atoms with Gasteiger partial charge in [-0.2, -0.15) is 0 Å². The first-order chi connectivity index (χ1) is 17.1. The Hall–Kier alpha value is -3.70. The minimum absolute atomic E-state index is 0.0642. The molecule has 1 N–H and O–H groups in total. The Kier molecular flexibility index (Phi) is 5.50. The summed E-state index contributed by atoms with van der Waals surface area (Å²) in [4.78, 5) is 29.6. The van der Waals surface area contributed by atoms with E-state index in [0.717, 1.165) is 49.1 Å². The van der Waals surface area contributed by atoms with Crippen molar-refractivity contribution in [1.82, 2.24) is 9.80 Å². The van der Waals surface area contributed by atoms with E-state index < -0.39 is 0 Å². The van der Waals surface area contributed by atoms with Crippen LogP contribution in [-0.2, 0) is 16.0 Å². The average molecular weight is 464 g/mol. The lowest BCUT2D eigenvalue weighted by atomic mass is 9.95. The number of carbonyl (C=O) groups is 2. The Bertz CT molecular complexity index is 1470. The first-order valence-corrected chi connectivity index (χ1v) is 12.4. The number of carbonyl (C=O) groups excluding carboxylic acids is 2. The number of rotatable bonds is 4. The quantitative estimate of drug-likeness (QED) is 0.406. The molecule has 1 aliphatic heterocycles. The number of amides is 2. The van der Waals surface area contributed by atoms with Crippen LogP contribution in [0.25, 0.3) is 32.7 Å². The van der Waals surface area contributed by atoms with Gasteiger partial charge in [0.05, 0.1) is 0 Å². The number of hydrogen-bond donors (Lipinski definition) is 1. The third-order valence-electron chi connectivity index (χ3n) is 7.50. The van der Waals surface area contributed by atoms with Gasteiger partial charge in [0.1, 0.15) is 0 Å². The highest BCUT2D eigenvalue weighted by Crippen LogP contribution is 2.46. The molecule has 176 valence electrons. The van der Waals surface area contributed by atoms with Crippen molar-refractivity contribution in [2.45, 2.75) is 19.3 Å². The molecule has 1 saturated heterocycles. The predicted molar refractivity (Wildman–Crippen MR) is 142 cm³/mol. The molecule has 2 amide bonds. The number of anilines is 1. The smallest absolute Gasteiger partial charge is 0.224 e. The molecule has 1 heterocycles. The number of hydrogen-bond acceptors (Lipinski definition) is 3. The van der Waals surface area contributed by atoms with Crippen molar-refractivity contribution in [3.05, 3.63) is 77.9 Å². The molecule has 2 aliphatic rings. The third kappa shape index (κ3) is 3.96. The minimum Gasteiger partial charge on any atom is -0.340 e. The molecule has 0 unspecified atom stereocenters. The third-order valence-corrected chi connectivity index (χ3v) is 7.50. The summed E-state index contributed by atoms with van der Waals surface area (Å²) in [5.41, 5.74) is 5.96. The Morgan fingerprint density at radius 3 is 2.34 bits per heavy atom. The fourth-order valence-corrected chi connectivity index (χ4v) is 5.59. The summed E-state index contributed by atoms with van der Waals surface area (Å²) in [6, 6.07) is 23.4. The lowest BCUT2D eigenvalue weighted by Gasteiger charge is -2.32. The molecule has 4 aromatic carbocycles. The van der Waals surface area contributed by atoms with E-state index in [-0.39, 0.29) is 24.7 Å². The van der Waals surface area contributed by atoms with Gasteiger partial charge in [-0.05, 0) is 57.9 Å². The lowest BCUT2D eigenvalue weighted by Crippen LogP contribution is -2.47. The zero-order valence-corrected chi connectivity index (χ0v) is 20.0. The molecule has 0 radical (unpaired) electrons. The van der Waals surface area contributed by atoms with Crippen molar-refractivity contribution in [3.63, 3.8) is 0 Å². The van der Waals surface area contributed by atoms with Crippen LogP contribution < -0.4 is 5.32 Å². The van der Waals surface area contributed by atoms with Crippen LogP contribution in [0.4, 0.5) is 5.69 Å². The summed E-state index contributed by atoms with van der Waals surface area (Å²) in [5, 5.41) is 7.86. The van der Waals surface area contributed by atoms with Gasteiger partial charge >= 0.3 is 0 Å². The zero-order chi connectivity index (χ0) is 23.9. The number of likely N-dealkylation sites (N-methyl/N-ethyl adjacent to an activating group) is 1. The minimum atomic E-state index is -0.112. The maximum absolute atomic E-state index is 12.9. The summed E-state index contributed by atoms with van der Waals surface area (Å²) in [7, 11) is 2.07. The van der Waals surface area contributed by atoms with E-state index in [1.165, 1.54) is 33.0 Å². The number of nitrogens with one attached hydrogen (secondary N) is 1. The van der Waals surface area contributed by atoms with Crippen molar-refractivity contribution in [3.8, 4) is 11.1 Å². The van der Waals surface area contributed by atoms with Crippen LogP contribution in [0.5, 0.6) is 0 Å². The van der Waals surface area contributed by atoms with Crippen LogP contribution >= 0.6 is 0 Å². The molecule has 6 rings (SSSR count). The predicted octanol–water partition coefficient (Wildman–Crippen LogP) is 5.06. The molecular formula is C30H29N3O2. The normalized spacial score (nSPS) is 15.3. The Balaban J connectivity index is 1.26. The van der Waals surface area contributed by atoms with E-state index in [1.807, 2.05) is 11.0 Å². The molecule has 0 atom stereocenters. The summed E-state index contributed by atoms with van der Waals surface area (Å²) in [5.74, 6) is -0.0482. The zero-order valence-electron chi connectivity index (χ0n) is 20.0. The molecule has 1 aliphatic carbocycles. The molecule has 0 spiro atoms. The van der Waals surface area contributed by atoms with Crippen LogP contribution in [0.3, 0.4) is 0 Å². The van der Waals surface area contributed by atoms with Gasteiger partial charge in [0.15, 0.2) is 0 Å². The number of piperazine rings is 1. The summed E-state index contributed by atoms with van der Waals surface area (Å²) >= 11 is 0. The van der Waals surface area contributed by atoms with Crippen LogP contribution in [0.15, 0.2) is 66.7 Å². The van der Waals surface area contributed by atoms with Crippen LogP contribution in [0, 0.1) is 0 Å². The standard InChI is InChI=1S/C30H29N3O2/c1-32-14-16-33(17-15-32)29(35)13-12-28(34)31-27-19-21-18-26-22-7-3-2-6-20(22)10-11-25(26)30(21)24-9-5-4-8-23(24)27/h2-11,19H,12-18H2,1H3,(H,31,34). The fraction of sp³-hybridized carbons (Fsp3) is 0.267. The highest BCUT2D eigenvalue weighted by Gasteiger charge is 2.25. The molecule has 5 nitrogen and oxygen atoms in total. The highest BCUT2D eigenvalue weighted by atomic mass is 16.2. The second kappa shape index (κ2) is 8.82. The number of nitrogens with zero attached hydrogens (tertiary/aromatic N) is 2. The van der Waals surface area contributed by atoms with Crippen LogP contribution in [-0.4, -0.2) is 54.8 Å². The van der Waals surface area contributed by atoms with E-state index in [2.05, 4.69) is 77.9 Å². The van der Waals surface area contributed by atoms with Crippen molar-refractivity contribution in [2.24, 2.45) is 0 Å². The van der Waals surface area contributed by atoms with E-state index in [4.69, 9.17) is 0 Å². The molecule has 0 bridgehead atoms. The lowest BCUT2D eigenvalue weighted by molar-refractivity contribution is -0.134. The molecule has 5 heteroatoms. The summed E-state index contributed by atoms with van der Waals surface area (Å²) in [6.45, 7) is 3.25. The van der Waals surface area contributed by atoms with Crippen molar-refractivity contribution in [2.75, 3.05) is 38.5 Å². The van der Waals surface area contributed by atoms with Gasteiger partial charge in [0.2, 0.25) is 11.8 Å². The van der Waals surface area contributed by atoms with E-state index >= 15 is 0 Å². The summed E-state index contributed by atoms with van der Waals surface area (Å²) in [6.07, 6.45) is 1.29. The Labute approximate surface area is 205 Å². The van der Waals surface area contributed by atoms with Crippen molar-refractivity contribution < 1.29 is 9.59 Å². The molecule has 0 saturated carbocycles. The topological polar surface area (TPSA) is 52.7 Å². The number of fused-ring (bicyclic) bond motifs is 7. The fourth-order valence-electron chi connectivity index (χ4n) is 5.59. The van der Waals surface area contributed by atoms with Crippen molar-refractivity contribution in [1.29, 1.82) is 0 Å². The highest BCUT2D eigenvalue weighted by molar-refractivity contribution is 6.11. The van der Waals surface area contributed by atoms with Crippen LogP contribution in [0.1, 0.15) is 24.0 Å². The molecule has 0 aromatic heterocycles. The Morgan fingerprint density at radius 2 is 1.54 bits per heavy atom. The van der Waals surface area contributed by atoms with Gasteiger partial charge in [0, 0.05) is 50.1 Å². The van der Waals surface area contributed by atoms with E-state index in [1.54, 1.807) is 0 Å². The first kappa shape index (κ1) is 21.8. The molecule has 35 heavy (non-hydrogen) atoms. The molecule has 4 aromatic rings. The second-order valence-corrected chi connectivity index (χ2v) is 9.73. The second-order valence-electron chi connectivity index (χ2n) is 9.73. The monoisotopic (exact) mass is 463 g/mol. The molecule has 1 fully saturated rings. The van der Waals surface area contributed by atoms with Gasteiger partial charge < -0.3 is 15.1 Å². The van der Waals surface area contributed by atoms with Crippen LogP contribution in [0.2, 0.25) is 0 Å². The maximum Gasteiger partial charge on any atom is 0.224 e. The van der Waals surface area contributed by atoms with Gasteiger partial charge in [-0.15, -0.1) is 0 Å².